The van der Waals surface area contributed by atoms with E-state index in [1.54, 1.807) is 55.6 Å². The first-order valence-electron chi connectivity index (χ1n) is 9.02. The van der Waals surface area contributed by atoms with Crippen molar-refractivity contribution >= 4 is 17.6 Å². The Bertz CT molecular complexity index is 955. The number of para-hydroxylation sites is 3. The summed E-state index contributed by atoms with van der Waals surface area (Å²) < 4.78 is 15.9. The standard InChI is InChI=1S/C23H21NO5/c1-27-15-17-11-13-18(14-12-17)23(26)28-16-22(25)24-20-9-5-6-10-21(20)29-19-7-3-2-4-8-19/h2-14H,15-16H2,1H3,(H,24,25). The molecule has 0 saturated carbocycles. The number of anilines is 1. The number of hydrogen-bond donors (Lipinski definition) is 1. The van der Waals surface area contributed by atoms with E-state index in [-0.39, 0.29) is 0 Å². The van der Waals surface area contributed by atoms with E-state index in [0.717, 1.165) is 5.56 Å². The fourth-order valence-electron chi connectivity index (χ4n) is 2.58. The summed E-state index contributed by atoms with van der Waals surface area (Å²) in [7, 11) is 1.60. The minimum atomic E-state index is -0.571. The third-order valence-corrected chi connectivity index (χ3v) is 3.97. The van der Waals surface area contributed by atoms with Crippen molar-refractivity contribution in [1.29, 1.82) is 0 Å². The highest BCUT2D eigenvalue weighted by Gasteiger charge is 2.12. The maximum Gasteiger partial charge on any atom is 0.338 e. The van der Waals surface area contributed by atoms with Crippen molar-refractivity contribution in [2.75, 3.05) is 19.0 Å². The maximum absolute atomic E-state index is 12.2. The van der Waals surface area contributed by atoms with Crippen molar-refractivity contribution < 1.29 is 23.8 Å². The van der Waals surface area contributed by atoms with Gasteiger partial charge in [-0.05, 0) is 42.0 Å². The molecule has 29 heavy (non-hydrogen) atoms. The minimum Gasteiger partial charge on any atom is -0.455 e. The van der Waals surface area contributed by atoms with E-state index in [0.29, 0.717) is 29.4 Å². The normalized spacial score (nSPS) is 10.2. The molecule has 0 aromatic heterocycles. The molecule has 0 spiro atoms. The molecule has 0 unspecified atom stereocenters. The molecule has 1 N–H and O–H groups in total. The van der Waals surface area contributed by atoms with Crippen LogP contribution >= 0.6 is 0 Å². The monoisotopic (exact) mass is 391 g/mol. The molecule has 0 fully saturated rings. The van der Waals surface area contributed by atoms with E-state index in [4.69, 9.17) is 14.2 Å². The number of esters is 1. The van der Waals surface area contributed by atoms with Gasteiger partial charge in [0.1, 0.15) is 5.75 Å². The summed E-state index contributed by atoms with van der Waals surface area (Å²) in [5.41, 5.74) is 1.80. The van der Waals surface area contributed by atoms with Crippen LogP contribution in [0.1, 0.15) is 15.9 Å². The van der Waals surface area contributed by atoms with Gasteiger partial charge >= 0.3 is 5.97 Å². The number of rotatable bonds is 8. The highest BCUT2D eigenvalue weighted by molar-refractivity contribution is 5.96. The number of benzene rings is 3. The van der Waals surface area contributed by atoms with Gasteiger partial charge in [-0.1, -0.05) is 42.5 Å². The molecule has 6 heteroatoms. The van der Waals surface area contributed by atoms with Crippen molar-refractivity contribution in [2.45, 2.75) is 6.61 Å². The summed E-state index contributed by atoms with van der Waals surface area (Å²) in [6, 6.07) is 23.1. The summed E-state index contributed by atoms with van der Waals surface area (Å²) in [4.78, 5) is 24.4. The molecule has 3 rings (SSSR count). The van der Waals surface area contributed by atoms with Crippen molar-refractivity contribution in [3.05, 3.63) is 90.0 Å². The molecule has 0 aliphatic carbocycles. The van der Waals surface area contributed by atoms with Crippen molar-refractivity contribution in [2.24, 2.45) is 0 Å². The summed E-state index contributed by atoms with van der Waals surface area (Å²) >= 11 is 0. The molecular formula is C23H21NO5. The number of methoxy groups -OCH3 is 1. The largest absolute Gasteiger partial charge is 0.455 e. The highest BCUT2D eigenvalue weighted by Crippen LogP contribution is 2.29. The molecule has 1 amide bonds. The van der Waals surface area contributed by atoms with Gasteiger partial charge in [0.2, 0.25) is 0 Å². The Balaban J connectivity index is 1.56. The van der Waals surface area contributed by atoms with Gasteiger partial charge in [-0.25, -0.2) is 4.79 Å². The zero-order chi connectivity index (χ0) is 20.5. The Morgan fingerprint density at radius 2 is 1.55 bits per heavy atom. The summed E-state index contributed by atoms with van der Waals surface area (Å²) in [6.07, 6.45) is 0. The number of carbonyl (C=O) groups is 2. The van der Waals surface area contributed by atoms with E-state index in [1.165, 1.54) is 0 Å². The molecule has 148 valence electrons. The van der Waals surface area contributed by atoms with E-state index in [9.17, 15) is 9.59 Å². The molecule has 0 atom stereocenters. The van der Waals surface area contributed by atoms with Crippen LogP contribution in [0.4, 0.5) is 5.69 Å². The second-order valence-corrected chi connectivity index (χ2v) is 6.17. The Hall–Kier alpha value is -3.64. The number of nitrogens with one attached hydrogen (secondary N) is 1. The summed E-state index contributed by atoms with van der Waals surface area (Å²) in [5, 5.41) is 2.71. The molecule has 0 saturated heterocycles. The number of hydrogen-bond acceptors (Lipinski definition) is 5. The summed E-state index contributed by atoms with van der Waals surface area (Å²) in [5.74, 6) is 0.112. The van der Waals surface area contributed by atoms with E-state index in [1.807, 2.05) is 30.3 Å². The molecule has 0 aliphatic heterocycles. The first kappa shape index (κ1) is 20.1. The van der Waals surface area contributed by atoms with Gasteiger partial charge in [-0.3, -0.25) is 4.79 Å². The molecule has 3 aromatic carbocycles. The van der Waals surface area contributed by atoms with Gasteiger partial charge in [0.15, 0.2) is 12.4 Å². The van der Waals surface area contributed by atoms with Gasteiger partial charge < -0.3 is 19.5 Å². The Labute approximate surface area is 169 Å². The molecule has 0 bridgehead atoms. The average molecular weight is 391 g/mol. The van der Waals surface area contributed by atoms with Crippen molar-refractivity contribution in [1.82, 2.24) is 0 Å². The third-order valence-electron chi connectivity index (χ3n) is 3.97. The minimum absolute atomic E-state index is 0.366. The second kappa shape index (κ2) is 10.1. The SMILES string of the molecule is COCc1ccc(C(=O)OCC(=O)Nc2ccccc2Oc2ccccc2)cc1. The summed E-state index contributed by atoms with van der Waals surface area (Å²) in [6.45, 7) is 0.0561. The van der Waals surface area contributed by atoms with Crippen LogP contribution < -0.4 is 10.1 Å². The fourth-order valence-corrected chi connectivity index (χ4v) is 2.58. The molecule has 0 heterocycles. The Kier molecular flexibility index (Phi) is 6.97. The number of carbonyl (C=O) groups excluding carboxylic acids is 2. The van der Waals surface area contributed by atoms with Crippen LogP contribution in [-0.2, 0) is 20.9 Å². The topological polar surface area (TPSA) is 73.9 Å². The van der Waals surface area contributed by atoms with Crippen molar-refractivity contribution in [3.8, 4) is 11.5 Å². The Morgan fingerprint density at radius 3 is 2.28 bits per heavy atom. The maximum atomic E-state index is 12.2. The second-order valence-electron chi connectivity index (χ2n) is 6.17. The predicted molar refractivity (Wildman–Crippen MR) is 109 cm³/mol. The van der Waals surface area contributed by atoms with E-state index < -0.39 is 18.5 Å². The fraction of sp³-hybridized carbons (Fsp3) is 0.130. The molecular weight excluding hydrogens is 370 g/mol. The number of ether oxygens (including phenoxy) is 3. The quantitative estimate of drug-likeness (QED) is 0.576. The predicted octanol–water partition coefficient (Wildman–Crippen LogP) is 4.42. The Morgan fingerprint density at radius 1 is 0.862 bits per heavy atom. The van der Waals surface area contributed by atoms with Gasteiger partial charge in [0, 0.05) is 7.11 Å². The first-order valence-corrected chi connectivity index (χ1v) is 9.02. The van der Waals surface area contributed by atoms with Gasteiger partial charge in [-0.15, -0.1) is 0 Å². The lowest BCUT2D eigenvalue weighted by Crippen LogP contribution is -2.21. The molecule has 0 radical (unpaired) electrons. The van der Waals surface area contributed by atoms with Crippen LogP contribution in [0.5, 0.6) is 11.5 Å². The van der Waals surface area contributed by atoms with Crippen LogP contribution in [0.15, 0.2) is 78.9 Å². The first-order chi connectivity index (χ1) is 14.2. The van der Waals surface area contributed by atoms with Crippen LogP contribution in [-0.4, -0.2) is 25.6 Å². The smallest absolute Gasteiger partial charge is 0.338 e. The molecule has 6 nitrogen and oxygen atoms in total. The highest BCUT2D eigenvalue weighted by atomic mass is 16.5. The third kappa shape index (κ3) is 5.92. The van der Waals surface area contributed by atoms with Crippen molar-refractivity contribution in [3.63, 3.8) is 0 Å². The van der Waals surface area contributed by atoms with Gasteiger partial charge in [-0.2, -0.15) is 0 Å². The van der Waals surface area contributed by atoms with E-state index >= 15 is 0 Å². The van der Waals surface area contributed by atoms with Gasteiger partial charge in [0.05, 0.1) is 17.9 Å². The van der Waals surface area contributed by atoms with E-state index in [2.05, 4.69) is 5.32 Å². The van der Waals surface area contributed by atoms with Crippen LogP contribution in [0.3, 0.4) is 0 Å². The molecule has 0 aliphatic rings. The van der Waals surface area contributed by atoms with Crippen LogP contribution in [0, 0.1) is 0 Å². The zero-order valence-corrected chi connectivity index (χ0v) is 16.0. The molecule has 3 aromatic rings. The lowest BCUT2D eigenvalue weighted by Gasteiger charge is -2.12. The van der Waals surface area contributed by atoms with Crippen LogP contribution in [0.2, 0.25) is 0 Å². The average Bonchev–Trinajstić information content (AvgIpc) is 2.75. The van der Waals surface area contributed by atoms with Crippen LogP contribution in [0.25, 0.3) is 0 Å². The lowest BCUT2D eigenvalue weighted by atomic mass is 10.1. The van der Waals surface area contributed by atoms with Gasteiger partial charge in [0.25, 0.3) is 5.91 Å². The lowest BCUT2D eigenvalue weighted by molar-refractivity contribution is -0.119. The zero-order valence-electron chi connectivity index (χ0n) is 16.0. The number of amides is 1.